The average molecular weight is 519 g/mol. The smallest absolute Gasteiger partial charge is 0.254 e. The van der Waals surface area contributed by atoms with E-state index >= 15 is 0 Å². The average Bonchev–Trinajstić information content (AvgIpc) is 3.64. The first-order chi connectivity index (χ1) is 18.0. The summed E-state index contributed by atoms with van der Waals surface area (Å²) in [5, 5.41) is 22.6. The van der Waals surface area contributed by atoms with Gasteiger partial charge >= 0.3 is 0 Å². The SMILES string of the molecule is Cc1nc(N2CCC3(CNC3)C2)ccc1Cn1cc(C(=O)NCc2cc(Cl)ccc2-n2cnnn2)cn1. The second-order valence-electron chi connectivity index (χ2n) is 9.83. The van der Waals surface area contributed by atoms with Crippen LogP contribution in [0.3, 0.4) is 0 Å². The number of benzene rings is 1. The molecule has 1 amide bonds. The summed E-state index contributed by atoms with van der Waals surface area (Å²) in [4.78, 5) is 20.1. The van der Waals surface area contributed by atoms with Crippen LogP contribution in [0.25, 0.3) is 5.69 Å². The van der Waals surface area contributed by atoms with Crippen molar-refractivity contribution in [3.63, 3.8) is 0 Å². The molecule has 1 aromatic carbocycles. The van der Waals surface area contributed by atoms with E-state index in [1.807, 2.05) is 13.0 Å². The summed E-state index contributed by atoms with van der Waals surface area (Å²) < 4.78 is 3.29. The topological polar surface area (TPSA) is 119 Å². The highest BCUT2D eigenvalue weighted by Gasteiger charge is 2.43. The molecule has 0 saturated carbocycles. The number of pyridine rings is 1. The second kappa shape index (κ2) is 9.56. The van der Waals surface area contributed by atoms with Gasteiger partial charge in [-0.05, 0) is 59.2 Å². The number of rotatable bonds is 7. The van der Waals surface area contributed by atoms with E-state index in [2.05, 4.69) is 48.3 Å². The number of hydrogen-bond donors (Lipinski definition) is 2. The zero-order valence-electron chi connectivity index (χ0n) is 20.4. The summed E-state index contributed by atoms with van der Waals surface area (Å²) >= 11 is 6.17. The summed E-state index contributed by atoms with van der Waals surface area (Å²) in [6, 6.07) is 9.56. The molecule has 2 N–H and O–H groups in total. The Morgan fingerprint density at radius 3 is 2.84 bits per heavy atom. The summed E-state index contributed by atoms with van der Waals surface area (Å²) in [5.41, 5.74) is 4.49. The maximum absolute atomic E-state index is 12.8. The van der Waals surface area contributed by atoms with Gasteiger partial charge in [0.15, 0.2) is 0 Å². The van der Waals surface area contributed by atoms with E-state index in [4.69, 9.17) is 16.6 Å². The quantitative estimate of drug-likeness (QED) is 0.381. The minimum atomic E-state index is -0.229. The third-order valence-corrected chi connectivity index (χ3v) is 7.48. The van der Waals surface area contributed by atoms with Gasteiger partial charge < -0.3 is 15.5 Å². The molecule has 6 rings (SSSR count). The van der Waals surface area contributed by atoms with Crippen molar-refractivity contribution < 1.29 is 4.79 Å². The van der Waals surface area contributed by atoms with Gasteiger partial charge in [-0.3, -0.25) is 9.48 Å². The van der Waals surface area contributed by atoms with Gasteiger partial charge in [-0.1, -0.05) is 17.7 Å². The number of tetrazole rings is 1. The number of amides is 1. The Bertz CT molecular complexity index is 1430. The van der Waals surface area contributed by atoms with Crippen LogP contribution in [0.5, 0.6) is 0 Å². The number of nitrogens with zero attached hydrogens (tertiary/aromatic N) is 8. The Balaban J connectivity index is 1.09. The molecule has 0 atom stereocenters. The highest BCUT2D eigenvalue weighted by Crippen LogP contribution is 2.36. The molecular weight excluding hydrogens is 492 g/mol. The molecule has 0 radical (unpaired) electrons. The molecule has 37 heavy (non-hydrogen) atoms. The molecule has 5 heterocycles. The molecule has 2 fully saturated rings. The van der Waals surface area contributed by atoms with Crippen LogP contribution in [0.1, 0.15) is 33.6 Å². The molecule has 4 aromatic rings. The van der Waals surface area contributed by atoms with Crippen molar-refractivity contribution in [3.05, 3.63) is 76.5 Å². The summed E-state index contributed by atoms with van der Waals surface area (Å²) in [6.07, 6.45) is 6.03. The number of carbonyl (C=O) groups excluding carboxylic acids is 1. The first-order valence-electron chi connectivity index (χ1n) is 12.2. The molecule has 0 bridgehead atoms. The van der Waals surface area contributed by atoms with Gasteiger partial charge in [-0.25, -0.2) is 9.67 Å². The number of anilines is 1. The highest BCUT2D eigenvalue weighted by atomic mass is 35.5. The molecule has 2 aliphatic rings. The van der Waals surface area contributed by atoms with Crippen molar-refractivity contribution in [2.24, 2.45) is 5.41 Å². The first-order valence-corrected chi connectivity index (χ1v) is 12.6. The van der Waals surface area contributed by atoms with Crippen molar-refractivity contribution in [2.45, 2.75) is 26.4 Å². The van der Waals surface area contributed by atoms with E-state index in [1.165, 1.54) is 17.4 Å². The van der Waals surface area contributed by atoms with Crippen molar-refractivity contribution >= 4 is 23.3 Å². The molecule has 1 spiro atoms. The Hall–Kier alpha value is -3.83. The zero-order valence-corrected chi connectivity index (χ0v) is 21.2. The van der Waals surface area contributed by atoms with Gasteiger partial charge in [-0.2, -0.15) is 5.10 Å². The number of hydrogen-bond acceptors (Lipinski definition) is 8. The fraction of sp³-hybridized carbons (Fsp3) is 0.360. The van der Waals surface area contributed by atoms with Crippen LogP contribution in [0.2, 0.25) is 5.02 Å². The van der Waals surface area contributed by atoms with E-state index in [1.54, 1.807) is 29.2 Å². The van der Waals surface area contributed by atoms with E-state index in [0.717, 1.165) is 54.5 Å². The van der Waals surface area contributed by atoms with Crippen molar-refractivity contribution in [2.75, 3.05) is 31.1 Å². The summed E-state index contributed by atoms with van der Waals surface area (Å²) in [6.45, 7) is 7.16. The van der Waals surface area contributed by atoms with Crippen LogP contribution in [-0.2, 0) is 13.1 Å². The number of nitrogens with one attached hydrogen (secondary N) is 2. The molecule has 11 nitrogen and oxygen atoms in total. The predicted molar refractivity (Wildman–Crippen MR) is 138 cm³/mol. The minimum absolute atomic E-state index is 0.229. The van der Waals surface area contributed by atoms with Crippen LogP contribution in [-0.4, -0.2) is 67.1 Å². The molecule has 12 heteroatoms. The van der Waals surface area contributed by atoms with Crippen molar-refractivity contribution in [1.29, 1.82) is 0 Å². The van der Waals surface area contributed by atoms with E-state index < -0.39 is 0 Å². The number of carbonyl (C=O) groups is 1. The first kappa shape index (κ1) is 23.6. The third kappa shape index (κ3) is 4.79. The van der Waals surface area contributed by atoms with Crippen LogP contribution in [0.15, 0.2) is 49.1 Å². The Labute approximate surface area is 218 Å². The van der Waals surface area contributed by atoms with Crippen LogP contribution < -0.4 is 15.5 Å². The maximum atomic E-state index is 12.8. The van der Waals surface area contributed by atoms with E-state index in [9.17, 15) is 4.79 Å². The Kier molecular flexibility index (Phi) is 6.09. The summed E-state index contributed by atoms with van der Waals surface area (Å²) in [7, 11) is 0. The van der Waals surface area contributed by atoms with E-state index in [0.29, 0.717) is 22.5 Å². The lowest BCUT2D eigenvalue weighted by Crippen LogP contribution is -2.54. The second-order valence-corrected chi connectivity index (χ2v) is 10.3. The monoisotopic (exact) mass is 518 g/mol. The van der Waals surface area contributed by atoms with Crippen LogP contribution >= 0.6 is 11.6 Å². The van der Waals surface area contributed by atoms with E-state index in [-0.39, 0.29) is 12.5 Å². The fourth-order valence-electron chi connectivity index (χ4n) is 5.03. The Morgan fingerprint density at radius 1 is 1.22 bits per heavy atom. The highest BCUT2D eigenvalue weighted by molar-refractivity contribution is 6.30. The largest absolute Gasteiger partial charge is 0.356 e. The van der Waals surface area contributed by atoms with Gasteiger partial charge in [-0.15, -0.1) is 5.10 Å². The molecule has 190 valence electrons. The predicted octanol–water partition coefficient (Wildman–Crippen LogP) is 1.99. The van der Waals surface area contributed by atoms with Crippen molar-refractivity contribution in [1.82, 2.24) is 45.6 Å². The standard InChI is InChI=1S/C25H27ClN10O/c1-17-18(2-5-23(31-17)34-7-6-25(15-34)13-27-14-25)11-35-12-20(10-30-35)24(37)28-9-19-8-21(26)3-4-22(19)36-16-29-32-33-36/h2-5,8,10,12,16,27H,6-7,9,11,13-15H2,1H3,(H,28,37). The number of halogens is 1. The lowest BCUT2D eigenvalue weighted by Gasteiger charge is -2.39. The van der Waals surface area contributed by atoms with Gasteiger partial charge in [0.25, 0.3) is 5.91 Å². The molecule has 3 aromatic heterocycles. The van der Waals surface area contributed by atoms with Gasteiger partial charge in [0.1, 0.15) is 12.1 Å². The summed E-state index contributed by atoms with van der Waals surface area (Å²) in [5.74, 6) is 0.806. The number of aryl methyl sites for hydroxylation is 1. The van der Waals surface area contributed by atoms with Gasteiger partial charge in [0.2, 0.25) is 0 Å². The minimum Gasteiger partial charge on any atom is -0.356 e. The normalized spacial score (nSPS) is 16.2. The molecule has 0 aliphatic carbocycles. The van der Waals surface area contributed by atoms with Crippen LogP contribution in [0, 0.1) is 12.3 Å². The van der Waals surface area contributed by atoms with Gasteiger partial charge in [0.05, 0.1) is 24.0 Å². The van der Waals surface area contributed by atoms with Crippen molar-refractivity contribution in [3.8, 4) is 5.69 Å². The zero-order chi connectivity index (χ0) is 25.4. The fourth-order valence-corrected chi connectivity index (χ4v) is 5.22. The number of aromatic nitrogens is 7. The third-order valence-electron chi connectivity index (χ3n) is 7.25. The lowest BCUT2D eigenvalue weighted by atomic mass is 9.81. The molecule has 0 unspecified atom stereocenters. The lowest BCUT2D eigenvalue weighted by molar-refractivity contribution is 0.0951. The maximum Gasteiger partial charge on any atom is 0.254 e. The Morgan fingerprint density at radius 2 is 2.11 bits per heavy atom. The molecule has 2 saturated heterocycles. The van der Waals surface area contributed by atoms with Crippen LogP contribution in [0.4, 0.5) is 5.82 Å². The van der Waals surface area contributed by atoms with Gasteiger partial charge in [0, 0.05) is 55.1 Å². The molecular formula is C25H27ClN10O. The molecule has 2 aliphatic heterocycles.